The van der Waals surface area contributed by atoms with Crippen molar-refractivity contribution in [3.05, 3.63) is 41.0 Å². The molecule has 0 aliphatic heterocycles. The van der Waals surface area contributed by atoms with Gasteiger partial charge in [0, 0.05) is 0 Å². The number of hydrogen-bond donors (Lipinski definition) is 0. The maximum atomic E-state index is 2.40. The molecule has 0 nitrogen and oxygen atoms in total. The standard InChI is InChI=1S/2C7H9.2BrH.Zr/c2*1-6-4-3-5-7(6)2;;;/h2*4H,3H2,1-2H3;2*1H;/q;;;;+2/p-2. The fraction of sp³-hybridized carbons (Fsp3) is 0.429. The molecule has 0 saturated heterocycles. The summed E-state index contributed by atoms with van der Waals surface area (Å²) in [6.45, 7) is 9.11. The summed E-state index contributed by atoms with van der Waals surface area (Å²) in [6.07, 6.45) is 7.30. The zero-order valence-corrected chi connectivity index (χ0v) is 16.5. The molecule has 0 unspecified atom stereocenters. The summed E-state index contributed by atoms with van der Waals surface area (Å²) in [5.74, 6) is 0. The van der Waals surface area contributed by atoms with Crippen molar-refractivity contribution in [1.82, 2.24) is 0 Å². The van der Waals surface area contributed by atoms with Gasteiger partial charge in [0.15, 0.2) is 0 Å². The van der Waals surface area contributed by atoms with Crippen LogP contribution in [0.1, 0.15) is 40.5 Å². The molecule has 0 radical (unpaired) electrons. The van der Waals surface area contributed by atoms with Crippen LogP contribution in [0.2, 0.25) is 0 Å². The number of allylic oxidation sites excluding steroid dienone is 8. The molecular weight excluding hydrogens is 419 g/mol. The first kappa shape index (κ1) is 17.8. The van der Waals surface area contributed by atoms with Crippen LogP contribution < -0.4 is 34.0 Å². The van der Waals surface area contributed by atoms with Gasteiger partial charge in [-0.1, -0.05) is 0 Å². The molecule has 0 saturated carbocycles. The topological polar surface area (TPSA) is 0 Å². The average molecular weight is 437 g/mol. The van der Waals surface area contributed by atoms with Crippen molar-refractivity contribution in [2.75, 3.05) is 0 Å². The van der Waals surface area contributed by atoms with Crippen LogP contribution in [-0.2, 0) is 23.2 Å². The molecule has 2 aliphatic rings. The summed E-state index contributed by atoms with van der Waals surface area (Å²) in [7, 11) is 0. The Hall–Kier alpha value is 0.803. The Bertz CT molecular complexity index is 386. The molecule has 2 aliphatic carbocycles. The van der Waals surface area contributed by atoms with Gasteiger partial charge in [-0.25, -0.2) is 0 Å². The minimum absolute atomic E-state index is 0. The molecular formula is C14H18Br2Zr. The molecule has 0 atom stereocenters. The summed E-state index contributed by atoms with van der Waals surface area (Å²) >= 11 is -0.438. The summed E-state index contributed by atoms with van der Waals surface area (Å²) in [4.78, 5) is 0. The van der Waals surface area contributed by atoms with Crippen LogP contribution in [0.25, 0.3) is 0 Å². The summed E-state index contributed by atoms with van der Waals surface area (Å²) in [6, 6.07) is 0. The average Bonchev–Trinajstić information content (AvgIpc) is 2.68. The zero-order chi connectivity index (χ0) is 11.0. The molecule has 0 fully saturated rings. The maximum absolute atomic E-state index is 2.40. The molecule has 0 amide bonds. The zero-order valence-electron chi connectivity index (χ0n) is 10.8. The van der Waals surface area contributed by atoms with Crippen molar-refractivity contribution in [3.63, 3.8) is 0 Å². The van der Waals surface area contributed by atoms with E-state index in [1.54, 1.807) is 17.7 Å². The second-order valence-electron chi connectivity index (χ2n) is 4.51. The third kappa shape index (κ3) is 3.88. The Kier molecular flexibility index (Phi) is 7.76. The normalized spacial score (nSPS) is 18.4. The number of rotatable bonds is 2. The quantitative estimate of drug-likeness (QED) is 0.485. The predicted molar refractivity (Wildman–Crippen MR) is 62.1 cm³/mol. The maximum Gasteiger partial charge on any atom is -1.00 e. The van der Waals surface area contributed by atoms with E-state index in [1.807, 2.05) is 0 Å². The van der Waals surface area contributed by atoms with Crippen LogP contribution in [0.5, 0.6) is 0 Å². The van der Waals surface area contributed by atoms with Gasteiger partial charge in [-0.05, 0) is 0 Å². The molecule has 0 spiro atoms. The van der Waals surface area contributed by atoms with E-state index in [-0.39, 0.29) is 34.0 Å². The van der Waals surface area contributed by atoms with Crippen LogP contribution in [0.4, 0.5) is 0 Å². The van der Waals surface area contributed by atoms with Gasteiger partial charge in [-0.15, -0.1) is 0 Å². The van der Waals surface area contributed by atoms with Crippen molar-refractivity contribution in [2.45, 2.75) is 40.5 Å². The Morgan fingerprint density at radius 2 is 1.12 bits per heavy atom. The van der Waals surface area contributed by atoms with Crippen molar-refractivity contribution in [3.8, 4) is 0 Å². The van der Waals surface area contributed by atoms with Gasteiger partial charge >= 0.3 is 105 Å². The smallest absolute Gasteiger partial charge is 1.00 e. The minimum atomic E-state index is -0.438. The summed E-state index contributed by atoms with van der Waals surface area (Å²) in [5, 5.41) is 0. The summed E-state index contributed by atoms with van der Waals surface area (Å²) < 4.78 is 3.60. The van der Waals surface area contributed by atoms with Crippen LogP contribution in [0, 0.1) is 0 Å². The van der Waals surface area contributed by atoms with E-state index < -0.39 is 23.2 Å². The van der Waals surface area contributed by atoms with E-state index >= 15 is 0 Å². The fourth-order valence-corrected chi connectivity index (χ4v) is 5.86. The molecule has 0 bridgehead atoms. The van der Waals surface area contributed by atoms with E-state index in [2.05, 4.69) is 39.8 Å². The molecule has 2 rings (SSSR count). The van der Waals surface area contributed by atoms with Crippen LogP contribution in [0.3, 0.4) is 0 Å². The first-order valence-electron chi connectivity index (χ1n) is 5.60. The Labute approximate surface area is 137 Å². The fourth-order valence-electron chi connectivity index (χ4n) is 2.07. The summed E-state index contributed by atoms with van der Waals surface area (Å²) in [5.41, 5.74) is 6.25. The number of hydrogen-bond acceptors (Lipinski definition) is 0. The molecule has 0 aromatic heterocycles. The van der Waals surface area contributed by atoms with Crippen molar-refractivity contribution in [1.29, 1.82) is 0 Å². The third-order valence-corrected chi connectivity index (χ3v) is 7.95. The molecule has 0 N–H and O–H groups in total. The van der Waals surface area contributed by atoms with Gasteiger partial charge < -0.3 is 34.0 Å². The van der Waals surface area contributed by atoms with Crippen molar-refractivity contribution in [2.24, 2.45) is 0 Å². The molecule has 0 aromatic rings. The molecule has 17 heavy (non-hydrogen) atoms. The molecule has 0 aromatic carbocycles. The van der Waals surface area contributed by atoms with Gasteiger partial charge in [0.2, 0.25) is 0 Å². The second kappa shape index (κ2) is 7.41. The second-order valence-corrected chi connectivity index (χ2v) is 8.10. The van der Waals surface area contributed by atoms with Gasteiger partial charge in [-0.3, -0.25) is 0 Å². The van der Waals surface area contributed by atoms with Crippen molar-refractivity contribution >= 4 is 0 Å². The molecule has 0 heterocycles. The predicted octanol–water partition coefficient (Wildman–Crippen LogP) is -1.68. The molecule has 3 heteroatoms. The van der Waals surface area contributed by atoms with E-state index in [1.165, 1.54) is 24.0 Å². The van der Waals surface area contributed by atoms with Crippen LogP contribution in [-0.4, -0.2) is 0 Å². The molecule has 92 valence electrons. The van der Waals surface area contributed by atoms with Gasteiger partial charge in [0.05, 0.1) is 0 Å². The Morgan fingerprint density at radius 1 is 0.765 bits per heavy atom. The SMILES string of the molecule is CC1=CC[C]([Zr+2][C]2=C(C)C(C)=CC2)=C1C.[Br-].[Br-]. The first-order chi connectivity index (χ1) is 7.09. The number of halogens is 2. The van der Waals surface area contributed by atoms with E-state index in [0.717, 1.165) is 0 Å². The largest absolute Gasteiger partial charge is 1.00 e. The van der Waals surface area contributed by atoms with E-state index in [4.69, 9.17) is 0 Å². The third-order valence-electron chi connectivity index (χ3n) is 3.61. The monoisotopic (exact) mass is 434 g/mol. The Morgan fingerprint density at radius 3 is 1.35 bits per heavy atom. The van der Waals surface area contributed by atoms with Gasteiger partial charge in [-0.2, -0.15) is 0 Å². The first-order valence-corrected chi connectivity index (χ1v) is 8.06. The van der Waals surface area contributed by atoms with Gasteiger partial charge in [0.25, 0.3) is 0 Å². The van der Waals surface area contributed by atoms with Gasteiger partial charge in [0.1, 0.15) is 0 Å². The van der Waals surface area contributed by atoms with E-state index in [9.17, 15) is 0 Å². The van der Waals surface area contributed by atoms with Crippen LogP contribution in [0.15, 0.2) is 41.0 Å². The van der Waals surface area contributed by atoms with Crippen molar-refractivity contribution < 1.29 is 57.2 Å². The Balaban J connectivity index is 0.00000128. The van der Waals surface area contributed by atoms with Crippen LogP contribution >= 0.6 is 0 Å². The minimum Gasteiger partial charge on any atom is -1.00 e. The van der Waals surface area contributed by atoms with E-state index in [0.29, 0.717) is 0 Å².